The SMILES string of the molecule is CNC(=O)c1cc2ccccc2c(N2CCCc3cc(C4=CCNCC4)c(C(F)F)cc32)n1. The van der Waals surface area contributed by atoms with E-state index in [1.54, 1.807) is 19.2 Å². The molecule has 7 heteroatoms. The molecule has 0 aliphatic carbocycles. The number of alkyl halides is 2. The highest BCUT2D eigenvalue weighted by atomic mass is 19.3. The van der Waals surface area contributed by atoms with Crippen LogP contribution in [0.1, 0.15) is 46.4 Å². The number of nitrogens with one attached hydrogen (secondary N) is 2. The molecule has 0 bridgehead atoms. The van der Waals surface area contributed by atoms with E-state index in [0.29, 0.717) is 30.2 Å². The first-order valence-corrected chi connectivity index (χ1v) is 11.3. The Morgan fingerprint density at radius 3 is 2.79 bits per heavy atom. The predicted molar refractivity (Wildman–Crippen MR) is 127 cm³/mol. The Bertz CT molecular complexity index is 1250. The number of benzene rings is 2. The van der Waals surface area contributed by atoms with Crippen molar-refractivity contribution in [2.24, 2.45) is 0 Å². The van der Waals surface area contributed by atoms with E-state index in [9.17, 15) is 13.6 Å². The highest BCUT2D eigenvalue weighted by Crippen LogP contribution is 2.41. The van der Waals surface area contributed by atoms with E-state index in [0.717, 1.165) is 53.4 Å². The standard InChI is InChI=1S/C26H26F2N4O/c1-29-26(33)22-14-17-5-2-3-7-19(17)25(31-22)32-12-4-6-18-13-20(16-8-10-30-11-9-16)21(24(27)28)15-23(18)32/h2-3,5,7-8,13-15,24,30H,4,6,9-12H2,1H3,(H,29,33). The fraction of sp³-hybridized carbons (Fsp3) is 0.308. The Kier molecular flexibility index (Phi) is 5.81. The molecule has 5 nitrogen and oxygen atoms in total. The molecule has 0 radical (unpaired) electrons. The van der Waals surface area contributed by atoms with Crippen molar-refractivity contribution in [3.05, 3.63) is 70.9 Å². The third kappa shape index (κ3) is 3.97. The number of hydrogen-bond acceptors (Lipinski definition) is 4. The highest BCUT2D eigenvalue weighted by molar-refractivity contribution is 6.01. The molecule has 2 aliphatic rings. The topological polar surface area (TPSA) is 57.3 Å². The number of amides is 1. The van der Waals surface area contributed by atoms with E-state index in [4.69, 9.17) is 0 Å². The molecule has 0 spiro atoms. The number of aryl methyl sites for hydroxylation is 1. The molecular formula is C26H26F2N4O. The molecule has 0 saturated carbocycles. The number of aromatic nitrogens is 1. The second kappa shape index (κ2) is 8.90. The third-order valence-corrected chi connectivity index (χ3v) is 6.45. The third-order valence-electron chi connectivity index (χ3n) is 6.45. The minimum atomic E-state index is -2.58. The molecule has 2 aliphatic heterocycles. The number of fused-ring (bicyclic) bond motifs is 2. The summed E-state index contributed by atoms with van der Waals surface area (Å²) in [6.07, 6.45) is 1.87. The van der Waals surface area contributed by atoms with Gasteiger partial charge in [0.15, 0.2) is 0 Å². The van der Waals surface area contributed by atoms with Crippen LogP contribution in [-0.2, 0) is 6.42 Å². The van der Waals surface area contributed by atoms with E-state index >= 15 is 0 Å². The Labute approximate surface area is 191 Å². The number of carbonyl (C=O) groups is 1. The van der Waals surface area contributed by atoms with Crippen molar-refractivity contribution >= 4 is 33.8 Å². The van der Waals surface area contributed by atoms with E-state index in [1.165, 1.54) is 0 Å². The van der Waals surface area contributed by atoms with Gasteiger partial charge in [-0.25, -0.2) is 13.8 Å². The van der Waals surface area contributed by atoms with Crippen molar-refractivity contribution < 1.29 is 13.6 Å². The second-order valence-electron chi connectivity index (χ2n) is 8.44. The van der Waals surface area contributed by atoms with Gasteiger partial charge in [-0.15, -0.1) is 0 Å². The first-order chi connectivity index (χ1) is 16.1. The molecule has 1 amide bonds. The van der Waals surface area contributed by atoms with Gasteiger partial charge >= 0.3 is 0 Å². The minimum Gasteiger partial charge on any atom is -0.354 e. The monoisotopic (exact) mass is 448 g/mol. The van der Waals surface area contributed by atoms with Gasteiger partial charge in [0.1, 0.15) is 11.5 Å². The Morgan fingerprint density at radius 1 is 1.18 bits per heavy atom. The number of hydrogen-bond donors (Lipinski definition) is 2. The molecule has 2 aromatic carbocycles. The van der Waals surface area contributed by atoms with Gasteiger partial charge in [0, 0.05) is 36.8 Å². The Morgan fingerprint density at radius 2 is 2.03 bits per heavy atom. The lowest BCUT2D eigenvalue weighted by Gasteiger charge is -2.33. The summed E-state index contributed by atoms with van der Waals surface area (Å²) < 4.78 is 28.4. The van der Waals surface area contributed by atoms with Crippen molar-refractivity contribution in [3.8, 4) is 0 Å². The van der Waals surface area contributed by atoms with Crippen LogP contribution in [0.3, 0.4) is 0 Å². The van der Waals surface area contributed by atoms with Gasteiger partial charge in [-0.05, 0) is 66.1 Å². The predicted octanol–water partition coefficient (Wildman–Crippen LogP) is 4.99. The minimum absolute atomic E-state index is 0.0561. The molecule has 0 unspecified atom stereocenters. The second-order valence-corrected chi connectivity index (χ2v) is 8.44. The lowest BCUT2D eigenvalue weighted by atomic mass is 9.89. The van der Waals surface area contributed by atoms with E-state index in [1.807, 2.05) is 41.3 Å². The van der Waals surface area contributed by atoms with Crippen LogP contribution in [0.5, 0.6) is 0 Å². The maximum atomic E-state index is 14.2. The van der Waals surface area contributed by atoms with Crippen molar-refractivity contribution in [1.82, 2.24) is 15.6 Å². The van der Waals surface area contributed by atoms with Crippen molar-refractivity contribution in [2.45, 2.75) is 25.7 Å². The van der Waals surface area contributed by atoms with Crippen molar-refractivity contribution in [3.63, 3.8) is 0 Å². The smallest absolute Gasteiger partial charge is 0.269 e. The summed E-state index contributed by atoms with van der Waals surface area (Å²) in [6.45, 7) is 2.14. The lowest BCUT2D eigenvalue weighted by Crippen LogP contribution is -2.28. The lowest BCUT2D eigenvalue weighted by molar-refractivity contribution is 0.0958. The maximum absolute atomic E-state index is 14.2. The highest BCUT2D eigenvalue weighted by Gasteiger charge is 2.27. The van der Waals surface area contributed by atoms with Crippen LogP contribution >= 0.6 is 0 Å². The summed E-state index contributed by atoms with van der Waals surface area (Å²) in [5, 5.41) is 7.66. The average Bonchev–Trinajstić information content (AvgIpc) is 2.86. The maximum Gasteiger partial charge on any atom is 0.269 e. The molecular weight excluding hydrogens is 422 g/mol. The van der Waals surface area contributed by atoms with Crippen molar-refractivity contribution in [1.29, 1.82) is 0 Å². The van der Waals surface area contributed by atoms with Gasteiger partial charge in [0.05, 0.1) is 0 Å². The van der Waals surface area contributed by atoms with Crippen LogP contribution in [0.4, 0.5) is 20.3 Å². The van der Waals surface area contributed by atoms with Crippen LogP contribution < -0.4 is 15.5 Å². The van der Waals surface area contributed by atoms with E-state index in [2.05, 4.69) is 15.6 Å². The van der Waals surface area contributed by atoms with Crippen LogP contribution in [0.2, 0.25) is 0 Å². The number of anilines is 2. The fourth-order valence-electron chi connectivity index (χ4n) is 4.83. The fourth-order valence-corrected chi connectivity index (χ4v) is 4.83. The van der Waals surface area contributed by atoms with Crippen LogP contribution in [0, 0.1) is 0 Å². The van der Waals surface area contributed by atoms with Gasteiger partial charge < -0.3 is 15.5 Å². The van der Waals surface area contributed by atoms with Crippen LogP contribution in [0.15, 0.2) is 48.5 Å². The molecule has 2 N–H and O–H groups in total. The zero-order valence-electron chi connectivity index (χ0n) is 18.5. The number of pyridine rings is 1. The Hall–Kier alpha value is -3.32. The summed E-state index contributed by atoms with van der Waals surface area (Å²) in [7, 11) is 1.57. The summed E-state index contributed by atoms with van der Waals surface area (Å²) in [4.78, 5) is 19.1. The van der Waals surface area contributed by atoms with E-state index < -0.39 is 6.43 Å². The van der Waals surface area contributed by atoms with Crippen molar-refractivity contribution in [2.75, 3.05) is 31.6 Å². The molecule has 170 valence electrons. The Balaban J connectivity index is 1.69. The van der Waals surface area contributed by atoms with Gasteiger partial charge in [-0.2, -0.15) is 0 Å². The summed E-state index contributed by atoms with van der Waals surface area (Å²) >= 11 is 0. The zero-order chi connectivity index (χ0) is 22.9. The number of nitrogens with zero attached hydrogens (tertiary/aromatic N) is 2. The van der Waals surface area contributed by atoms with Gasteiger partial charge in [0.2, 0.25) is 0 Å². The molecule has 3 aromatic rings. The van der Waals surface area contributed by atoms with Gasteiger partial charge in [-0.3, -0.25) is 4.79 Å². The molecule has 0 atom stereocenters. The van der Waals surface area contributed by atoms with Crippen LogP contribution in [0.25, 0.3) is 16.3 Å². The largest absolute Gasteiger partial charge is 0.354 e. The molecule has 5 rings (SSSR count). The molecule has 0 fully saturated rings. The summed E-state index contributed by atoms with van der Waals surface area (Å²) in [5.41, 5.74) is 3.79. The van der Waals surface area contributed by atoms with Crippen LogP contribution in [-0.4, -0.2) is 37.6 Å². The van der Waals surface area contributed by atoms with E-state index in [-0.39, 0.29) is 11.5 Å². The number of carbonyl (C=O) groups excluding carboxylic acids is 1. The molecule has 33 heavy (non-hydrogen) atoms. The first-order valence-electron chi connectivity index (χ1n) is 11.3. The number of halogens is 2. The quantitative estimate of drug-likeness (QED) is 0.590. The first kappa shape index (κ1) is 21.5. The molecule has 0 saturated heterocycles. The van der Waals surface area contributed by atoms with Gasteiger partial charge in [-0.1, -0.05) is 30.3 Å². The normalized spacial score (nSPS) is 16.0. The van der Waals surface area contributed by atoms with Gasteiger partial charge in [0.25, 0.3) is 12.3 Å². The average molecular weight is 449 g/mol. The number of rotatable bonds is 4. The summed E-state index contributed by atoms with van der Waals surface area (Å²) in [6, 6.07) is 13.1. The molecule has 1 aromatic heterocycles. The zero-order valence-corrected chi connectivity index (χ0v) is 18.5. The summed E-state index contributed by atoms with van der Waals surface area (Å²) in [5.74, 6) is 0.349. The molecule has 3 heterocycles.